The average molecular weight is 291 g/mol. The van der Waals surface area contributed by atoms with Crippen molar-refractivity contribution in [3.63, 3.8) is 0 Å². The van der Waals surface area contributed by atoms with Crippen LogP contribution in [0.5, 0.6) is 0 Å². The Balaban J connectivity index is 1.86. The molecule has 0 radical (unpaired) electrons. The van der Waals surface area contributed by atoms with Gasteiger partial charge < -0.3 is 15.4 Å². The third-order valence-electron chi connectivity index (χ3n) is 3.73. The third kappa shape index (κ3) is 4.18. The highest BCUT2D eigenvalue weighted by atomic mass is 16.5. The van der Waals surface area contributed by atoms with E-state index in [2.05, 4.69) is 4.98 Å². The quantitative estimate of drug-likeness (QED) is 0.837. The normalized spacial score (nSPS) is 18.3. The van der Waals surface area contributed by atoms with Gasteiger partial charge in [-0.3, -0.25) is 9.59 Å². The fraction of sp³-hybridized carbons (Fsp3) is 0.533. The first kappa shape index (κ1) is 15.3. The molecule has 114 valence electrons. The molecular weight excluding hydrogens is 270 g/mol. The van der Waals surface area contributed by atoms with Crippen LogP contribution in [0.2, 0.25) is 0 Å². The minimum Gasteiger partial charge on any atom is -0.469 e. The molecule has 0 spiro atoms. The minimum atomic E-state index is -0.231. The second-order valence-electron chi connectivity index (χ2n) is 5.26. The number of esters is 1. The van der Waals surface area contributed by atoms with Gasteiger partial charge in [-0.2, -0.15) is 0 Å². The van der Waals surface area contributed by atoms with Gasteiger partial charge in [0.1, 0.15) is 5.82 Å². The van der Waals surface area contributed by atoms with E-state index in [-0.39, 0.29) is 17.8 Å². The Morgan fingerprint density at radius 3 is 3.00 bits per heavy atom. The number of methoxy groups -OCH3 is 1. The summed E-state index contributed by atoms with van der Waals surface area (Å²) in [6.45, 7) is 1.16. The van der Waals surface area contributed by atoms with Gasteiger partial charge in [-0.25, -0.2) is 4.98 Å². The number of piperidine rings is 1. The van der Waals surface area contributed by atoms with Crippen molar-refractivity contribution >= 4 is 17.7 Å². The standard InChI is InChI=1S/C15H21N3O3/c1-21-15(20)11-4-3-9-18(10-11)14(19)8-7-12-5-2-6-13(16)17-12/h2,5-6,11H,3-4,7-10H2,1H3,(H2,16,17)/t11-/m0/s1. The molecule has 0 unspecified atom stereocenters. The lowest BCUT2D eigenvalue weighted by atomic mass is 9.98. The summed E-state index contributed by atoms with van der Waals surface area (Å²) in [4.78, 5) is 29.7. The van der Waals surface area contributed by atoms with Crippen molar-refractivity contribution in [1.82, 2.24) is 9.88 Å². The van der Waals surface area contributed by atoms with E-state index in [0.717, 1.165) is 18.5 Å². The van der Waals surface area contributed by atoms with Crippen LogP contribution in [0.4, 0.5) is 5.82 Å². The van der Waals surface area contributed by atoms with Gasteiger partial charge in [0.2, 0.25) is 5.91 Å². The van der Waals surface area contributed by atoms with Gasteiger partial charge in [-0.05, 0) is 31.4 Å². The van der Waals surface area contributed by atoms with Gasteiger partial charge >= 0.3 is 5.97 Å². The maximum Gasteiger partial charge on any atom is 0.310 e. The van der Waals surface area contributed by atoms with Crippen molar-refractivity contribution < 1.29 is 14.3 Å². The molecule has 1 aliphatic heterocycles. The molecule has 0 saturated carbocycles. The highest BCUT2D eigenvalue weighted by Gasteiger charge is 2.28. The predicted molar refractivity (Wildman–Crippen MR) is 78.3 cm³/mol. The lowest BCUT2D eigenvalue weighted by Gasteiger charge is -2.31. The first-order valence-electron chi connectivity index (χ1n) is 7.17. The Labute approximate surface area is 124 Å². The molecule has 1 saturated heterocycles. The summed E-state index contributed by atoms with van der Waals surface area (Å²) >= 11 is 0. The highest BCUT2D eigenvalue weighted by Crippen LogP contribution is 2.18. The molecule has 0 aliphatic carbocycles. The number of carbonyl (C=O) groups excluding carboxylic acids is 2. The van der Waals surface area contributed by atoms with E-state index in [0.29, 0.717) is 31.7 Å². The van der Waals surface area contributed by atoms with Gasteiger partial charge in [0, 0.05) is 25.2 Å². The fourth-order valence-corrected chi connectivity index (χ4v) is 2.59. The number of nitrogen functional groups attached to an aromatic ring is 1. The second-order valence-corrected chi connectivity index (χ2v) is 5.26. The van der Waals surface area contributed by atoms with E-state index in [1.54, 1.807) is 11.0 Å². The maximum atomic E-state index is 12.2. The van der Waals surface area contributed by atoms with Crippen LogP contribution in [0.15, 0.2) is 18.2 Å². The molecule has 1 aromatic heterocycles. The van der Waals surface area contributed by atoms with Crippen LogP contribution in [0.3, 0.4) is 0 Å². The number of likely N-dealkylation sites (tertiary alicyclic amines) is 1. The molecule has 6 nitrogen and oxygen atoms in total. The highest BCUT2D eigenvalue weighted by molar-refractivity contribution is 5.78. The zero-order chi connectivity index (χ0) is 15.2. The van der Waals surface area contributed by atoms with Crippen LogP contribution in [-0.4, -0.2) is 42.0 Å². The molecule has 0 aromatic carbocycles. The molecule has 2 N–H and O–H groups in total. The smallest absolute Gasteiger partial charge is 0.310 e. The van der Waals surface area contributed by atoms with Crippen LogP contribution < -0.4 is 5.73 Å². The third-order valence-corrected chi connectivity index (χ3v) is 3.73. The summed E-state index contributed by atoms with van der Waals surface area (Å²) in [7, 11) is 1.38. The Morgan fingerprint density at radius 1 is 1.48 bits per heavy atom. The van der Waals surface area contributed by atoms with E-state index in [9.17, 15) is 9.59 Å². The molecular formula is C15H21N3O3. The van der Waals surface area contributed by atoms with Gasteiger partial charge in [0.15, 0.2) is 0 Å². The minimum absolute atomic E-state index is 0.0489. The van der Waals surface area contributed by atoms with Crippen LogP contribution in [0.1, 0.15) is 25.0 Å². The monoisotopic (exact) mass is 291 g/mol. The van der Waals surface area contributed by atoms with Crippen molar-refractivity contribution in [3.8, 4) is 0 Å². The number of aromatic nitrogens is 1. The van der Waals surface area contributed by atoms with E-state index >= 15 is 0 Å². The number of anilines is 1. The Hall–Kier alpha value is -2.11. The topological polar surface area (TPSA) is 85.5 Å². The zero-order valence-electron chi connectivity index (χ0n) is 12.2. The number of nitrogens with two attached hydrogens (primary N) is 1. The molecule has 1 aromatic rings. The number of hydrogen-bond donors (Lipinski definition) is 1. The van der Waals surface area contributed by atoms with Gasteiger partial charge in [0.25, 0.3) is 0 Å². The zero-order valence-corrected chi connectivity index (χ0v) is 12.2. The lowest BCUT2D eigenvalue weighted by molar-refractivity contribution is -0.149. The molecule has 0 bridgehead atoms. The van der Waals surface area contributed by atoms with Crippen molar-refractivity contribution in [2.45, 2.75) is 25.7 Å². The molecule has 21 heavy (non-hydrogen) atoms. The molecule has 1 aliphatic rings. The van der Waals surface area contributed by atoms with Crippen molar-refractivity contribution in [3.05, 3.63) is 23.9 Å². The van der Waals surface area contributed by atoms with Crippen LogP contribution in [-0.2, 0) is 20.7 Å². The largest absolute Gasteiger partial charge is 0.469 e. The number of nitrogens with zero attached hydrogens (tertiary/aromatic N) is 2. The number of carbonyl (C=O) groups is 2. The van der Waals surface area contributed by atoms with E-state index < -0.39 is 0 Å². The molecule has 1 atom stereocenters. The van der Waals surface area contributed by atoms with E-state index in [4.69, 9.17) is 10.5 Å². The van der Waals surface area contributed by atoms with Crippen molar-refractivity contribution in [2.75, 3.05) is 25.9 Å². The lowest BCUT2D eigenvalue weighted by Crippen LogP contribution is -2.42. The number of pyridine rings is 1. The molecule has 1 amide bonds. The number of amides is 1. The molecule has 2 rings (SSSR count). The van der Waals surface area contributed by atoms with Crippen molar-refractivity contribution in [1.29, 1.82) is 0 Å². The van der Waals surface area contributed by atoms with Gasteiger partial charge in [0.05, 0.1) is 13.0 Å². The number of rotatable bonds is 4. The summed E-state index contributed by atoms with van der Waals surface area (Å²) in [5.41, 5.74) is 6.43. The number of ether oxygens (including phenoxy) is 1. The Kier molecular flexibility index (Phi) is 5.14. The maximum absolute atomic E-state index is 12.2. The Morgan fingerprint density at radius 2 is 2.29 bits per heavy atom. The fourth-order valence-electron chi connectivity index (χ4n) is 2.59. The first-order valence-corrected chi connectivity index (χ1v) is 7.17. The van der Waals surface area contributed by atoms with E-state index in [1.165, 1.54) is 7.11 Å². The second kappa shape index (κ2) is 7.06. The summed E-state index contributed by atoms with van der Waals surface area (Å²) in [5.74, 6) is 0.0831. The average Bonchev–Trinajstić information content (AvgIpc) is 2.52. The van der Waals surface area contributed by atoms with Gasteiger partial charge in [-0.1, -0.05) is 6.07 Å². The summed E-state index contributed by atoms with van der Waals surface area (Å²) in [5, 5.41) is 0. The molecule has 6 heteroatoms. The first-order chi connectivity index (χ1) is 10.1. The SMILES string of the molecule is COC(=O)[C@H]1CCCN(C(=O)CCc2cccc(N)n2)C1. The number of hydrogen-bond acceptors (Lipinski definition) is 5. The molecule has 1 fully saturated rings. The van der Waals surface area contributed by atoms with Crippen LogP contribution in [0, 0.1) is 5.92 Å². The van der Waals surface area contributed by atoms with Crippen LogP contribution >= 0.6 is 0 Å². The predicted octanol–water partition coefficient (Wildman–Crippen LogP) is 1.01. The van der Waals surface area contributed by atoms with E-state index in [1.807, 2.05) is 12.1 Å². The summed E-state index contributed by atoms with van der Waals surface area (Å²) in [6.07, 6.45) is 2.56. The number of aryl methyl sites for hydroxylation is 1. The van der Waals surface area contributed by atoms with Crippen LogP contribution in [0.25, 0.3) is 0 Å². The summed E-state index contributed by atoms with van der Waals surface area (Å²) < 4.78 is 4.76. The van der Waals surface area contributed by atoms with Crippen molar-refractivity contribution in [2.24, 2.45) is 5.92 Å². The van der Waals surface area contributed by atoms with Gasteiger partial charge in [-0.15, -0.1) is 0 Å². The summed E-state index contributed by atoms with van der Waals surface area (Å²) in [6, 6.07) is 5.41. The Bertz CT molecular complexity index is 519. The molecule has 2 heterocycles.